The molecule has 0 fully saturated rings. The average Bonchev–Trinajstić information content (AvgIpc) is 2.72. The van der Waals surface area contributed by atoms with Crippen LogP contribution in [0.2, 0.25) is 5.02 Å². The quantitative estimate of drug-likeness (QED) is 0.825. The first-order valence-corrected chi connectivity index (χ1v) is 7.67. The molecule has 0 aromatic heterocycles. The summed E-state index contributed by atoms with van der Waals surface area (Å²) in [5.74, 6) is 1.03. The first-order valence-electron chi connectivity index (χ1n) is 6.38. The van der Waals surface area contributed by atoms with E-state index >= 15 is 0 Å². The summed E-state index contributed by atoms with van der Waals surface area (Å²) in [5.41, 5.74) is 2.41. The van der Waals surface area contributed by atoms with Crippen LogP contribution in [0.4, 0.5) is 0 Å². The van der Waals surface area contributed by atoms with Gasteiger partial charge in [-0.1, -0.05) is 34.5 Å². The highest BCUT2D eigenvalue weighted by molar-refractivity contribution is 9.09. The minimum absolute atomic E-state index is 0.468. The maximum absolute atomic E-state index is 6.14. The zero-order valence-electron chi connectivity index (χ0n) is 10.8. The van der Waals surface area contributed by atoms with Crippen LogP contribution in [0, 0.1) is 0 Å². The molecule has 0 radical (unpaired) electrons. The van der Waals surface area contributed by atoms with Crippen molar-refractivity contribution >= 4 is 27.5 Å². The Morgan fingerprint density at radius 3 is 2.94 bits per heavy atom. The van der Waals surface area contributed by atoms with E-state index in [9.17, 15) is 0 Å². The highest BCUT2D eigenvalue weighted by atomic mass is 79.9. The molecule has 0 saturated heterocycles. The average molecular weight is 333 g/mol. The van der Waals surface area contributed by atoms with Gasteiger partial charge in [0.1, 0.15) is 5.75 Å². The van der Waals surface area contributed by atoms with Crippen LogP contribution in [0.3, 0.4) is 0 Å². The van der Waals surface area contributed by atoms with Gasteiger partial charge in [0.15, 0.2) is 0 Å². The summed E-state index contributed by atoms with van der Waals surface area (Å²) in [6.07, 6.45) is 2.07. The lowest BCUT2D eigenvalue weighted by Crippen LogP contribution is -2.27. The predicted octanol–water partition coefficient (Wildman–Crippen LogP) is 3.93. The molecule has 1 aliphatic heterocycles. The number of halogens is 2. The number of benzene rings is 1. The lowest BCUT2D eigenvalue weighted by molar-refractivity contribution is 0.351. The maximum atomic E-state index is 6.14. The van der Waals surface area contributed by atoms with Crippen molar-refractivity contribution in [2.45, 2.75) is 44.1 Å². The molecule has 2 unspecified atom stereocenters. The van der Waals surface area contributed by atoms with E-state index in [1.54, 1.807) is 0 Å². The first-order chi connectivity index (χ1) is 8.56. The summed E-state index contributed by atoms with van der Waals surface area (Å²) in [5, 5.41) is 4.32. The van der Waals surface area contributed by atoms with E-state index < -0.39 is 0 Å². The summed E-state index contributed by atoms with van der Waals surface area (Å²) in [6.45, 7) is 5.95. The SMILES string of the molecule is CC(Br)CC(C)NCc1cc(Cl)cc2c1OCC2. The zero-order valence-corrected chi connectivity index (χ0v) is 13.1. The van der Waals surface area contributed by atoms with Crippen molar-refractivity contribution in [3.63, 3.8) is 0 Å². The highest BCUT2D eigenvalue weighted by Crippen LogP contribution is 2.32. The van der Waals surface area contributed by atoms with E-state index in [0.29, 0.717) is 10.9 Å². The van der Waals surface area contributed by atoms with Crippen molar-refractivity contribution in [3.8, 4) is 5.75 Å². The van der Waals surface area contributed by atoms with Crippen molar-refractivity contribution in [1.82, 2.24) is 5.32 Å². The summed E-state index contributed by atoms with van der Waals surface area (Å²) >= 11 is 9.71. The van der Waals surface area contributed by atoms with Crippen molar-refractivity contribution in [3.05, 3.63) is 28.3 Å². The van der Waals surface area contributed by atoms with Crippen LogP contribution >= 0.6 is 27.5 Å². The number of hydrogen-bond acceptors (Lipinski definition) is 2. The molecule has 1 aromatic carbocycles. The van der Waals surface area contributed by atoms with Gasteiger partial charge in [0.25, 0.3) is 0 Å². The zero-order chi connectivity index (χ0) is 13.1. The number of ether oxygens (including phenoxy) is 1. The Morgan fingerprint density at radius 1 is 1.44 bits per heavy atom. The van der Waals surface area contributed by atoms with Gasteiger partial charge in [0, 0.05) is 34.4 Å². The van der Waals surface area contributed by atoms with Crippen LogP contribution in [0.25, 0.3) is 0 Å². The second-order valence-corrected chi connectivity index (χ2v) is 6.95. The number of nitrogens with one attached hydrogen (secondary N) is 1. The van der Waals surface area contributed by atoms with Crippen LogP contribution in [0.5, 0.6) is 5.75 Å². The van der Waals surface area contributed by atoms with Crippen LogP contribution in [-0.4, -0.2) is 17.5 Å². The standard InChI is InChI=1S/C14H19BrClNO/c1-9(15)5-10(2)17-8-12-7-13(16)6-11-3-4-18-14(11)12/h6-7,9-10,17H,3-5,8H2,1-2H3. The fourth-order valence-corrected chi connectivity index (χ4v) is 3.16. The molecule has 1 aromatic rings. The van der Waals surface area contributed by atoms with Gasteiger partial charge in [-0.25, -0.2) is 0 Å². The summed E-state index contributed by atoms with van der Waals surface area (Å²) in [6, 6.07) is 4.48. The Bertz CT molecular complexity index is 423. The summed E-state index contributed by atoms with van der Waals surface area (Å²) < 4.78 is 5.69. The monoisotopic (exact) mass is 331 g/mol. The van der Waals surface area contributed by atoms with Gasteiger partial charge in [-0.3, -0.25) is 0 Å². The Morgan fingerprint density at radius 2 is 2.22 bits per heavy atom. The number of rotatable bonds is 5. The van der Waals surface area contributed by atoms with Gasteiger partial charge in [0.2, 0.25) is 0 Å². The minimum Gasteiger partial charge on any atom is -0.493 e. The molecule has 4 heteroatoms. The molecule has 1 N–H and O–H groups in total. The molecule has 1 aliphatic rings. The normalized spacial score (nSPS) is 17.1. The lowest BCUT2D eigenvalue weighted by atomic mass is 10.1. The molecule has 1 heterocycles. The van der Waals surface area contributed by atoms with Gasteiger partial charge in [-0.05, 0) is 31.0 Å². The van der Waals surface area contributed by atoms with Crippen LogP contribution in [-0.2, 0) is 13.0 Å². The Kier molecular flexibility index (Phi) is 4.93. The minimum atomic E-state index is 0.468. The second kappa shape index (κ2) is 6.27. The Balaban J connectivity index is 2.01. The van der Waals surface area contributed by atoms with Gasteiger partial charge >= 0.3 is 0 Å². The van der Waals surface area contributed by atoms with Gasteiger partial charge in [0.05, 0.1) is 6.61 Å². The number of fused-ring (bicyclic) bond motifs is 1. The van der Waals surface area contributed by atoms with E-state index in [1.807, 2.05) is 12.1 Å². The second-order valence-electron chi connectivity index (χ2n) is 4.95. The third-order valence-electron chi connectivity index (χ3n) is 3.14. The van der Waals surface area contributed by atoms with Gasteiger partial charge < -0.3 is 10.1 Å². The smallest absolute Gasteiger partial charge is 0.127 e. The lowest BCUT2D eigenvalue weighted by Gasteiger charge is -2.16. The molecule has 2 nitrogen and oxygen atoms in total. The molecular weight excluding hydrogens is 314 g/mol. The van der Waals surface area contributed by atoms with Crippen molar-refractivity contribution < 1.29 is 4.74 Å². The molecule has 18 heavy (non-hydrogen) atoms. The maximum Gasteiger partial charge on any atom is 0.127 e. The number of hydrogen-bond donors (Lipinski definition) is 1. The van der Waals surface area contributed by atoms with Crippen molar-refractivity contribution in [1.29, 1.82) is 0 Å². The Hall–Kier alpha value is -0.250. The number of alkyl halides is 1. The van der Waals surface area contributed by atoms with Gasteiger partial charge in [-0.2, -0.15) is 0 Å². The van der Waals surface area contributed by atoms with E-state index in [4.69, 9.17) is 16.3 Å². The van der Waals surface area contributed by atoms with E-state index in [2.05, 4.69) is 35.1 Å². The molecule has 0 spiro atoms. The fourth-order valence-electron chi connectivity index (χ4n) is 2.33. The van der Waals surface area contributed by atoms with Crippen LogP contribution in [0.1, 0.15) is 31.4 Å². The molecular formula is C14H19BrClNO. The summed E-state index contributed by atoms with van der Waals surface area (Å²) in [7, 11) is 0. The van der Waals surface area contributed by atoms with E-state index in [0.717, 1.165) is 36.8 Å². The Labute approximate surface area is 122 Å². The van der Waals surface area contributed by atoms with Crippen molar-refractivity contribution in [2.75, 3.05) is 6.61 Å². The first kappa shape index (κ1) is 14.2. The summed E-state index contributed by atoms with van der Waals surface area (Å²) in [4.78, 5) is 0.529. The third-order valence-corrected chi connectivity index (χ3v) is 3.74. The van der Waals surface area contributed by atoms with Crippen LogP contribution in [0.15, 0.2) is 12.1 Å². The highest BCUT2D eigenvalue weighted by Gasteiger charge is 2.17. The fraction of sp³-hybridized carbons (Fsp3) is 0.571. The molecule has 2 rings (SSSR count). The molecule has 0 aliphatic carbocycles. The molecule has 2 atom stereocenters. The molecule has 100 valence electrons. The van der Waals surface area contributed by atoms with Gasteiger partial charge in [-0.15, -0.1) is 0 Å². The van der Waals surface area contributed by atoms with Crippen LogP contribution < -0.4 is 10.1 Å². The third kappa shape index (κ3) is 3.62. The predicted molar refractivity (Wildman–Crippen MR) is 80.0 cm³/mol. The molecule has 0 amide bonds. The largest absolute Gasteiger partial charge is 0.493 e. The molecule has 0 bridgehead atoms. The van der Waals surface area contributed by atoms with E-state index in [1.165, 1.54) is 11.1 Å². The molecule has 0 saturated carbocycles. The van der Waals surface area contributed by atoms with E-state index in [-0.39, 0.29) is 0 Å². The van der Waals surface area contributed by atoms with Crippen molar-refractivity contribution in [2.24, 2.45) is 0 Å². The topological polar surface area (TPSA) is 21.3 Å².